The summed E-state index contributed by atoms with van der Waals surface area (Å²) in [4.78, 5) is 37.5. The van der Waals surface area contributed by atoms with E-state index in [9.17, 15) is 23.1 Å². The largest absolute Gasteiger partial charge is 0.396 e. The number of aliphatic hydroxyl groups excluding tert-OH is 1. The maximum absolute atomic E-state index is 12.9. The van der Waals surface area contributed by atoms with Gasteiger partial charge in [0.25, 0.3) is 5.56 Å². The van der Waals surface area contributed by atoms with Crippen LogP contribution in [0.2, 0.25) is 0 Å². The van der Waals surface area contributed by atoms with Crippen molar-refractivity contribution in [3.05, 3.63) is 40.9 Å². The molecular weight excluding hydrogens is 446 g/mol. The summed E-state index contributed by atoms with van der Waals surface area (Å²) in [5.74, 6) is -0.494. The summed E-state index contributed by atoms with van der Waals surface area (Å²) in [6.07, 6.45) is 2.22. The van der Waals surface area contributed by atoms with E-state index in [2.05, 4.69) is 4.98 Å². The van der Waals surface area contributed by atoms with Gasteiger partial charge in [0.05, 0.1) is 28.1 Å². The molecule has 2 aliphatic rings. The molecule has 1 saturated heterocycles. The van der Waals surface area contributed by atoms with Crippen molar-refractivity contribution in [2.24, 2.45) is 13.0 Å². The van der Waals surface area contributed by atoms with E-state index in [1.807, 2.05) is 4.90 Å². The Morgan fingerprint density at radius 1 is 1.18 bits per heavy atom. The zero-order chi connectivity index (χ0) is 23.5. The van der Waals surface area contributed by atoms with Crippen molar-refractivity contribution in [3.63, 3.8) is 0 Å². The molecule has 1 atom stereocenters. The van der Waals surface area contributed by atoms with E-state index in [-0.39, 0.29) is 23.0 Å². The number of amides is 1. The molecule has 10 nitrogen and oxygen atoms in total. The lowest BCUT2D eigenvalue weighted by molar-refractivity contribution is -0.116. The van der Waals surface area contributed by atoms with Gasteiger partial charge >= 0.3 is 0 Å². The minimum absolute atomic E-state index is 0.0549. The van der Waals surface area contributed by atoms with Gasteiger partial charge in [-0.1, -0.05) is 6.07 Å². The molecule has 4 heterocycles. The third-order valence-corrected chi connectivity index (χ3v) is 7.99. The van der Waals surface area contributed by atoms with Gasteiger partial charge in [-0.05, 0) is 24.6 Å². The van der Waals surface area contributed by atoms with Crippen molar-refractivity contribution in [1.82, 2.24) is 14.5 Å². The molecule has 5 rings (SSSR count). The second-order valence-corrected chi connectivity index (χ2v) is 10.5. The van der Waals surface area contributed by atoms with Gasteiger partial charge < -0.3 is 19.5 Å². The molecule has 33 heavy (non-hydrogen) atoms. The molecule has 0 bridgehead atoms. The molecule has 2 aromatic heterocycles. The lowest BCUT2D eigenvalue weighted by atomic mass is 10.1. The fraction of sp³-hybridized carbons (Fsp3) is 0.364. The van der Waals surface area contributed by atoms with Crippen LogP contribution in [-0.2, 0) is 21.7 Å². The Labute approximate surface area is 190 Å². The van der Waals surface area contributed by atoms with Crippen molar-refractivity contribution < 1.29 is 18.3 Å². The van der Waals surface area contributed by atoms with Gasteiger partial charge in [0.1, 0.15) is 17.0 Å². The number of sulfone groups is 1. The van der Waals surface area contributed by atoms with E-state index in [1.165, 1.54) is 21.9 Å². The fourth-order valence-corrected chi connectivity index (χ4v) is 5.93. The summed E-state index contributed by atoms with van der Waals surface area (Å²) in [5.41, 5.74) is 1.58. The van der Waals surface area contributed by atoms with Crippen molar-refractivity contribution in [1.29, 1.82) is 0 Å². The third-order valence-electron chi connectivity index (χ3n) is 6.37. The molecule has 172 valence electrons. The van der Waals surface area contributed by atoms with Gasteiger partial charge in [-0.25, -0.2) is 18.4 Å². The van der Waals surface area contributed by atoms with Crippen molar-refractivity contribution in [2.45, 2.75) is 11.3 Å². The maximum atomic E-state index is 12.9. The number of benzene rings is 1. The first-order valence-electron chi connectivity index (χ1n) is 10.6. The number of aromatic nitrogens is 3. The number of carbonyl (C=O) groups excluding carboxylic acids is 1. The second-order valence-electron chi connectivity index (χ2n) is 8.56. The standard InChI is InChI=1S/C22H23N5O5S/c1-25-12-23-16-8-15(24-21(20(16)22(25)30)27-6-5-13(9-27)10-28)14-3-4-17-18(7-14)33(31,32)11-19(29)26(17)2/h3-4,7-8,12-13,28H,5-6,9-11H2,1-2H3. The molecule has 1 amide bonds. The highest BCUT2D eigenvalue weighted by Crippen LogP contribution is 2.36. The predicted molar refractivity (Wildman–Crippen MR) is 123 cm³/mol. The Hall–Kier alpha value is -3.31. The normalized spacial score (nSPS) is 19.8. The van der Waals surface area contributed by atoms with Crippen LogP contribution in [0.1, 0.15) is 6.42 Å². The first kappa shape index (κ1) is 21.5. The van der Waals surface area contributed by atoms with Crippen molar-refractivity contribution in [3.8, 4) is 11.3 Å². The van der Waals surface area contributed by atoms with Crippen LogP contribution < -0.4 is 15.4 Å². The Kier molecular flexibility index (Phi) is 4.98. The van der Waals surface area contributed by atoms with Crippen LogP contribution in [0.5, 0.6) is 0 Å². The molecule has 1 N–H and O–H groups in total. The fourth-order valence-electron chi connectivity index (χ4n) is 4.42. The van der Waals surface area contributed by atoms with E-state index < -0.39 is 21.5 Å². The number of nitrogens with zero attached hydrogens (tertiary/aromatic N) is 5. The molecule has 0 spiro atoms. The van der Waals surface area contributed by atoms with Gasteiger partial charge in [-0.2, -0.15) is 0 Å². The van der Waals surface area contributed by atoms with E-state index in [0.717, 1.165) is 6.42 Å². The Morgan fingerprint density at radius 2 is 1.97 bits per heavy atom. The molecule has 1 aromatic carbocycles. The van der Waals surface area contributed by atoms with Crippen LogP contribution in [0, 0.1) is 5.92 Å². The van der Waals surface area contributed by atoms with Crippen molar-refractivity contribution >= 4 is 38.2 Å². The van der Waals surface area contributed by atoms with E-state index in [0.29, 0.717) is 46.8 Å². The summed E-state index contributed by atoms with van der Waals surface area (Å²) < 4.78 is 26.8. The number of pyridine rings is 1. The Balaban J connectivity index is 1.71. The summed E-state index contributed by atoms with van der Waals surface area (Å²) in [6, 6.07) is 6.50. The lowest BCUT2D eigenvalue weighted by Crippen LogP contribution is -2.37. The zero-order valence-corrected chi connectivity index (χ0v) is 19.0. The molecule has 0 aliphatic carbocycles. The first-order chi connectivity index (χ1) is 15.7. The third kappa shape index (κ3) is 3.47. The highest BCUT2D eigenvalue weighted by Gasteiger charge is 2.33. The molecule has 2 aliphatic heterocycles. The van der Waals surface area contributed by atoms with Gasteiger partial charge in [0.15, 0.2) is 9.84 Å². The average Bonchev–Trinajstić information content (AvgIpc) is 3.28. The maximum Gasteiger partial charge on any atom is 0.264 e. The monoisotopic (exact) mass is 469 g/mol. The Bertz CT molecular complexity index is 1470. The second kappa shape index (κ2) is 7.63. The Morgan fingerprint density at radius 3 is 2.70 bits per heavy atom. The quantitative estimate of drug-likeness (QED) is 0.590. The van der Waals surface area contributed by atoms with Crippen molar-refractivity contribution in [2.75, 3.05) is 42.3 Å². The van der Waals surface area contributed by atoms with E-state index in [1.54, 1.807) is 32.3 Å². The minimum Gasteiger partial charge on any atom is -0.396 e. The topological polar surface area (TPSA) is 126 Å². The molecule has 11 heteroatoms. The van der Waals surface area contributed by atoms with E-state index in [4.69, 9.17) is 4.98 Å². The number of aryl methyl sites for hydroxylation is 1. The molecule has 0 saturated carbocycles. The van der Waals surface area contributed by atoms with Crippen LogP contribution in [-0.4, -0.2) is 66.5 Å². The SMILES string of the molecule is CN1C(=O)CS(=O)(=O)c2cc(-c3cc4ncn(C)c(=O)c4c(N4CCC(CO)C4)n3)ccc21. The number of carbonyl (C=O) groups is 1. The van der Waals surface area contributed by atoms with Crippen LogP contribution in [0.15, 0.2) is 40.3 Å². The van der Waals surface area contributed by atoms with Crippen LogP contribution in [0.25, 0.3) is 22.2 Å². The zero-order valence-electron chi connectivity index (χ0n) is 18.2. The van der Waals surface area contributed by atoms with Crippen LogP contribution in [0.3, 0.4) is 0 Å². The number of hydrogen-bond donors (Lipinski definition) is 1. The highest BCUT2D eigenvalue weighted by atomic mass is 32.2. The number of fused-ring (bicyclic) bond motifs is 2. The molecule has 1 fully saturated rings. The molecular formula is C22H23N5O5S. The number of aliphatic hydroxyl groups is 1. The van der Waals surface area contributed by atoms with Gasteiger partial charge in [-0.15, -0.1) is 0 Å². The lowest BCUT2D eigenvalue weighted by Gasteiger charge is -2.26. The minimum atomic E-state index is -3.77. The predicted octanol–water partition coefficient (Wildman–Crippen LogP) is 0.564. The molecule has 3 aromatic rings. The summed E-state index contributed by atoms with van der Waals surface area (Å²) in [6.45, 7) is 1.26. The highest BCUT2D eigenvalue weighted by molar-refractivity contribution is 7.92. The van der Waals surface area contributed by atoms with Gasteiger partial charge in [-0.3, -0.25) is 9.59 Å². The number of hydrogen-bond acceptors (Lipinski definition) is 8. The summed E-state index contributed by atoms with van der Waals surface area (Å²) in [7, 11) is -0.600. The molecule has 0 radical (unpaired) electrons. The smallest absolute Gasteiger partial charge is 0.264 e. The number of rotatable bonds is 3. The summed E-state index contributed by atoms with van der Waals surface area (Å²) >= 11 is 0. The van der Waals surface area contributed by atoms with Gasteiger partial charge in [0.2, 0.25) is 5.91 Å². The summed E-state index contributed by atoms with van der Waals surface area (Å²) in [5, 5.41) is 9.95. The van der Waals surface area contributed by atoms with E-state index >= 15 is 0 Å². The van der Waals surface area contributed by atoms with Gasteiger partial charge in [0, 0.05) is 45.3 Å². The first-order valence-corrected chi connectivity index (χ1v) is 12.2. The molecule has 1 unspecified atom stereocenters. The average molecular weight is 470 g/mol. The number of anilines is 2. The van der Waals surface area contributed by atoms with Crippen LogP contribution >= 0.6 is 0 Å². The van der Waals surface area contributed by atoms with Crippen LogP contribution in [0.4, 0.5) is 11.5 Å².